The van der Waals surface area contributed by atoms with E-state index in [-0.39, 0.29) is 0 Å². The Kier molecular flexibility index (Phi) is 8.36. The SMILES string of the molecule is c1ccc(CCCC2CCN(CCCN3CCNC(c4ccccc4)C3)CC2)cc1. The fraction of sp³-hybridized carbons (Fsp3) is 0.556. The average molecular weight is 406 g/mol. The molecule has 2 saturated heterocycles. The molecule has 1 unspecified atom stereocenters. The van der Waals surface area contributed by atoms with E-state index in [4.69, 9.17) is 0 Å². The Balaban J connectivity index is 1.08. The van der Waals surface area contributed by atoms with Crippen molar-refractivity contribution in [2.75, 3.05) is 45.8 Å². The van der Waals surface area contributed by atoms with E-state index in [1.807, 2.05) is 0 Å². The minimum absolute atomic E-state index is 0.492. The summed E-state index contributed by atoms with van der Waals surface area (Å²) in [5, 5.41) is 3.69. The largest absolute Gasteiger partial charge is 0.308 e. The Morgan fingerprint density at radius 1 is 0.767 bits per heavy atom. The van der Waals surface area contributed by atoms with Gasteiger partial charge in [0.2, 0.25) is 0 Å². The van der Waals surface area contributed by atoms with Crippen molar-refractivity contribution in [3.05, 3.63) is 71.8 Å². The number of hydrogen-bond acceptors (Lipinski definition) is 3. The first-order valence-corrected chi connectivity index (χ1v) is 12.1. The molecule has 1 N–H and O–H groups in total. The number of nitrogens with zero attached hydrogens (tertiary/aromatic N) is 2. The Bertz CT molecular complexity index is 709. The van der Waals surface area contributed by atoms with Crippen molar-refractivity contribution in [3.63, 3.8) is 0 Å². The first-order valence-electron chi connectivity index (χ1n) is 12.1. The lowest BCUT2D eigenvalue weighted by Gasteiger charge is -2.35. The van der Waals surface area contributed by atoms with E-state index in [0.29, 0.717) is 6.04 Å². The highest BCUT2D eigenvalue weighted by molar-refractivity contribution is 5.19. The van der Waals surface area contributed by atoms with Gasteiger partial charge in [-0.15, -0.1) is 0 Å². The summed E-state index contributed by atoms with van der Waals surface area (Å²) in [4.78, 5) is 5.37. The van der Waals surface area contributed by atoms with Gasteiger partial charge in [0.15, 0.2) is 0 Å². The molecular weight excluding hydrogens is 366 g/mol. The van der Waals surface area contributed by atoms with Crippen LogP contribution in [0.3, 0.4) is 0 Å². The number of hydrogen-bond donors (Lipinski definition) is 1. The Labute approximate surface area is 183 Å². The van der Waals surface area contributed by atoms with Crippen molar-refractivity contribution >= 4 is 0 Å². The van der Waals surface area contributed by atoms with Crippen LogP contribution in [0.1, 0.15) is 49.3 Å². The molecule has 2 aliphatic rings. The summed E-state index contributed by atoms with van der Waals surface area (Å²) >= 11 is 0. The molecule has 0 aromatic heterocycles. The van der Waals surface area contributed by atoms with Crippen LogP contribution in [0.25, 0.3) is 0 Å². The zero-order chi connectivity index (χ0) is 20.4. The molecule has 3 nitrogen and oxygen atoms in total. The molecule has 162 valence electrons. The number of rotatable bonds is 9. The molecule has 0 aliphatic carbocycles. The quantitative estimate of drug-likeness (QED) is 0.649. The lowest BCUT2D eigenvalue weighted by Crippen LogP contribution is -2.46. The molecule has 0 saturated carbocycles. The van der Waals surface area contributed by atoms with E-state index in [2.05, 4.69) is 75.8 Å². The van der Waals surface area contributed by atoms with E-state index in [9.17, 15) is 0 Å². The number of piperidine rings is 1. The third-order valence-corrected chi connectivity index (χ3v) is 7.04. The fourth-order valence-corrected chi connectivity index (χ4v) is 5.18. The van der Waals surface area contributed by atoms with E-state index < -0.39 is 0 Å². The topological polar surface area (TPSA) is 18.5 Å². The summed E-state index contributed by atoms with van der Waals surface area (Å²) in [7, 11) is 0. The Morgan fingerprint density at radius 2 is 1.47 bits per heavy atom. The third-order valence-electron chi connectivity index (χ3n) is 7.04. The van der Waals surface area contributed by atoms with Gasteiger partial charge in [0.25, 0.3) is 0 Å². The zero-order valence-corrected chi connectivity index (χ0v) is 18.5. The van der Waals surface area contributed by atoms with Gasteiger partial charge in [-0.1, -0.05) is 67.1 Å². The molecule has 2 aliphatic heterocycles. The molecular formula is C27H39N3. The minimum Gasteiger partial charge on any atom is -0.308 e. The Morgan fingerprint density at radius 3 is 2.23 bits per heavy atom. The maximum absolute atomic E-state index is 3.69. The van der Waals surface area contributed by atoms with Gasteiger partial charge in [-0.05, 0) is 75.3 Å². The second-order valence-corrected chi connectivity index (χ2v) is 9.23. The van der Waals surface area contributed by atoms with Gasteiger partial charge in [-0.3, -0.25) is 0 Å². The molecule has 30 heavy (non-hydrogen) atoms. The maximum Gasteiger partial charge on any atom is 0.0449 e. The molecule has 0 spiro atoms. The van der Waals surface area contributed by atoms with Crippen LogP contribution in [-0.4, -0.2) is 55.6 Å². The lowest BCUT2D eigenvalue weighted by atomic mass is 9.90. The highest BCUT2D eigenvalue weighted by Crippen LogP contribution is 2.23. The predicted octanol–water partition coefficient (Wildman–Crippen LogP) is 4.76. The predicted molar refractivity (Wildman–Crippen MR) is 127 cm³/mol. The zero-order valence-electron chi connectivity index (χ0n) is 18.5. The molecule has 2 aromatic rings. The van der Waals surface area contributed by atoms with Crippen molar-refractivity contribution < 1.29 is 0 Å². The lowest BCUT2D eigenvalue weighted by molar-refractivity contribution is 0.154. The van der Waals surface area contributed by atoms with Gasteiger partial charge in [0.05, 0.1) is 0 Å². The van der Waals surface area contributed by atoms with Gasteiger partial charge in [-0.2, -0.15) is 0 Å². The van der Waals surface area contributed by atoms with Crippen LogP contribution >= 0.6 is 0 Å². The third kappa shape index (κ3) is 6.66. The first kappa shape index (κ1) is 21.5. The summed E-state index contributed by atoms with van der Waals surface area (Å²) in [6.45, 7) is 8.57. The second-order valence-electron chi connectivity index (χ2n) is 9.23. The van der Waals surface area contributed by atoms with Crippen molar-refractivity contribution in [2.45, 2.75) is 44.6 Å². The molecule has 4 rings (SSSR count). The van der Waals surface area contributed by atoms with Gasteiger partial charge in [0, 0.05) is 25.7 Å². The van der Waals surface area contributed by atoms with E-state index in [1.165, 1.54) is 82.4 Å². The molecule has 2 aromatic carbocycles. The second kappa shape index (κ2) is 11.6. The summed E-state index contributed by atoms with van der Waals surface area (Å²) < 4.78 is 0. The summed E-state index contributed by atoms with van der Waals surface area (Å²) in [6, 6.07) is 22.4. The van der Waals surface area contributed by atoms with Crippen LogP contribution < -0.4 is 5.32 Å². The summed E-state index contributed by atoms with van der Waals surface area (Å²) in [6.07, 6.45) is 8.11. The first-order chi connectivity index (χ1) is 14.9. The van der Waals surface area contributed by atoms with Crippen molar-refractivity contribution in [2.24, 2.45) is 5.92 Å². The number of aryl methyl sites for hydroxylation is 1. The highest BCUT2D eigenvalue weighted by atomic mass is 15.2. The molecule has 0 amide bonds. The summed E-state index contributed by atoms with van der Waals surface area (Å²) in [5.41, 5.74) is 2.92. The van der Waals surface area contributed by atoms with Crippen LogP contribution in [0, 0.1) is 5.92 Å². The normalized spacial score (nSPS) is 21.7. The smallest absolute Gasteiger partial charge is 0.0449 e. The fourth-order valence-electron chi connectivity index (χ4n) is 5.18. The summed E-state index contributed by atoms with van der Waals surface area (Å²) in [5.74, 6) is 0.949. The minimum atomic E-state index is 0.492. The number of nitrogens with one attached hydrogen (secondary N) is 1. The molecule has 2 heterocycles. The number of piperazine rings is 1. The van der Waals surface area contributed by atoms with Crippen molar-refractivity contribution in [1.82, 2.24) is 15.1 Å². The van der Waals surface area contributed by atoms with E-state index in [1.54, 1.807) is 0 Å². The van der Waals surface area contributed by atoms with Gasteiger partial charge < -0.3 is 15.1 Å². The van der Waals surface area contributed by atoms with Crippen LogP contribution in [0.2, 0.25) is 0 Å². The van der Waals surface area contributed by atoms with Crippen molar-refractivity contribution in [3.8, 4) is 0 Å². The monoisotopic (exact) mass is 405 g/mol. The standard InChI is InChI=1S/C27H39N3/c1-3-9-24(10-4-1)11-7-12-25-15-20-29(21-16-25)18-8-19-30-22-17-28-27(23-30)26-13-5-2-6-14-26/h1-6,9-10,13-14,25,27-28H,7-8,11-12,15-23H2. The number of benzene rings is 2. The van der Waals surface area contributed by atoms with Crippen LogP contribution in [0.5, 0.6) is 0 Å². The molecule has 0 radical (unpaired) electrons. The molecule has 3 heteroatoms. The molecule has 0 bridgehead atoms. The maximum atomic E-state index is 3.69. The average Bonchev–Trinajstić information content (AvgIpc) is 2.82. The van der Waals surface area contributed by atoms with Crippen molar-refractivity contribution in [1.29, 1.82) is 0 Å². The molecule has 1 atom stereocenters. The van der Waals surface area contributed by atoms with Gasteiger partial charge in [-0.25, -0.2) is 0 Å². The van der Waals surface area contributed by atoms with Gasteiger partial charge >= 0.3 is 0 Å². The Hall–Kier alpha value is -1.68. The van der Waals surface area contributed by atoms with Crippen LogP contribution in [0.15, 0.2) is 60.7 Å². The highest BCUT2D eigenvalue weighted by Gasteiger charge is 2.21. The molecule has 2 fully saturated rings. The van der Waals surface area contributed by atoms with E-state index in [0.717, 1.165) is 19.0 Å². The van der Waals surface area contributed by atoms with Crippen LogP contribution in [-0.2, 0) is 6.42 Å². The number of likely N-dealkylation sites (tertiary alicyclic amines) is 1. The van der Waals surface area contributed by atoms with E-state index >= 15 is 0 Å². The van der Waals surface area contributed by atoms with Gasteiger partial charge in [0.1, 0.15) is 0 Å². The van der Waals surface area contributed by atoms with Crippen LogP contribution in [0.4, 0.5) is 0 Å².